The molecule has 33 heavy (non-hydrogen) atoms. The summed E-state index contributed by atoms with van der Waals surface area (Å²) in [7, 11) is 0. The van der Waals surface area contributed by atoms with E-state index in [0.717, 1.165) is 49.4 Å². The molecule has 3 heteroatoms. The average Bonchev–Trinajstić information content (AvgIpc) is 3.07. The van der Waals surface area contributed by atoms with Crippen LogP contribution in [-0.4, -0.2) is 17.9 Å². The van der Waals surface area contributed by atoms with Gasteiger partial charge in [-0.2, -0.15) is 0 Å². The average molecular weight is 459 g/mol. The third-order valence-electron chi connectivity index (χ3n) is 11.6. The van der Waals surface area contributed by atoms with E-state index in [-0.39, 0.29) is 28.8 Å². The number of carbonyl (C=O) groups is 2. The molecule has 0 N–H and O–H groups in total. The minimum absolute atomic E-state index is 0.0611. The molecule has 0 spiro atoms. The van der Waals surface area contributed by atoms with E-state index in [1.165, 1.54) is 45.4 Å². The molecule has 4 aliphatic carbocycles. The van der Waals surface area contributed by atoms with Gasteiger partial charge in [-0.15, -0.1) is 0 Å². The van der Waals surface area contributed by atoms with Gasteiger partial charge in [0.1, 0.15) is 11.9 Å². The Bertz CT molecular complexity index is 743. The molecule has 0 saturated heterocycles. The number of hydrogen-bond donors (Lipinski definition) is 0. The Kier molecular flexibility index (Phi) is 7.12. The first-order valence-electron chi connectivity index (χ1n) is 14.2. The normalized spacial score (nSPS) is 44.5. The number of ether oxygens (including phenoxy) is 1. The molecule has 1 unspecified atom stereocenters. The number of Topliss-reactive ketones (excluding diaryl/α,β-unsaturated/α-hetero) is 1. The van der Waals surface area contributed by atoms with Crippen LogP contribution >= 0.6 is 0 Å². The predicted octanol–water partition coefficient (Wildman–Crippen LogP) is 7.46. The van der Waals surface area contributed by atoms with Gasteiger partial charge in [0, 0.05) is 19.3 Å². The summed E-state index contributed by atoms with van der Waals surface area (Å²) in [6.07, 6.45) is 11.5. The highest BCUT2D eigenvalue weighted by molar-refractivity contribution is 5.84. The van der Waals surface area contributed by atoms with Crippen molar-refractivity contribution >= 4 is 11.8 Å². The summed E-state index contributed by atoms with van der Waals surface area (Å²) in [5.74, 6) is 5.45. The molecule has 4 fully saturated rings. The SMILES string of the molecule is CC(=O)O[C@H]1CC[C@@]2(C)C(CC[C@@H]3[C@H]2C(=O)C[C@]2(C)[C@@H]([C@H](C)CC[C@H](C)C(C)C)CC[C@@H]32)C1. The number of rotatable bonds is 6. The van der Waals surface area contributed by atoms with Gasteiger partial charge in [0.15, 0.2) is 0 Å². The van der Waals surface area contributed by atoms with Gasteiger partial charge in [-0.1, -0.05) is 54.4 Å². The van der Waals surface area contributed by atoms with Crippen molar-refractivity contribution in [2.45, 2.75) is 119 Å². The van der Waals surface area contributed by atoms with Crippen molar-refractivity contribution in [3.05, 3.63) is 0 Å². The second kappa shape index (κ2) is 9.30. The Morgan fingerprint density at radius 1 is 1.00 bits per heavy atom. The predicted molar refractivity (Wildman–Crippen MR) is 134 cm³/mol. The van der Waals surface area contributed by atoms with Crippen LogP contribution < -0.4 is 0 Å². The Hall–Kier alpha value is -0.860. The van der Waals surface area contributed by atoms with Crippen LogP contribution in [-0.2, 0) is 14.3 Å². The highest BCUT2D eigenvalue weighted by Gasteiger charge is 2.63. The van der Waals surface area contributed by atoms with E-state index in [1.807, 2.05) is 0 Å². The van der Waals surface area contributed by atoms with Crippen molar-refractivity contribution in [2.75, 3.05) is 0 Å². The minimum Gasteiger partial charge on any atom is -0.463 e. The molecule has 4 rings (SSSR count). The molecule has 0 amide bonds. The number of fused-ring (bicyclic) bond motifs is 5. The molecule has 0 aromatic heterocycles. The Balaban J connectivity index is 1.49. The first-order valence-corrected chi connectivity index (χ1v) is 14.2. The van der Waals surface area contributed by atoms with Crippen LogP contribution in [0.3, 0.4) is 0 Å². The molecule has 4 saturated carbocycles. The van der Waals surface area contributed by atoms with Crippen molar-refractivity contribution < 1.29 is 14.3 Å². The zero-order valence-corrected chi connectivity index (χ0v) is 22.5. The van der Waals surface area contributed by atoms with Crippen LogP contribution in [0.25, 0.3) is 0 Å². The standard InChI is InChI=1S/C30H50O3/c1-18(2)19(3)8-9-20(4)25-12-13-26-24-11-10-22-16-23(33-21(5)31)14-15-29(22,6)28(24)27(32)17-30(25,26)7/h18-20,22-26,28H,8-17H2,1-7H3/t19-,20+,22?,23-,24-,25+,26-,28-,29-,30+/m0/s1. The largest absolute Gasteiger partial charge is 0.463 e. The molecular formula is C30H50O3. The summed E-state index contributed by atoms with van der Waals surface area (Å²) in [6, 6.07) is 0. The fourth-order valence-electron chi connectivity index (χ4n) is 9.41. The molecular weight excluding hydrogens is 408 g/mol. The van der Waals surface area contributed by atoms with Crippen molar-refractivity contribution in [3.8, 4) is 0 Å². The zero-order chi connectivity index (χ0) is 24.1. The summed E-state index contributed by atoms with van der Waals surface area (Å²) < 4.78 is 5.60. The Morgan fingerprint density at radius 2 is 1.73 bits per heavy atom. The second-order valence-corrected chi connectivity index (χ2v) is 13.6. The van der Waals surface area contributed by atoms with Gasteiger partial charge in [-0.3, -0.25) is 9.59 Å². The van der Waals surface area contributed by atoms with E-state index < -0.39 is 0 Å². The van der Waals surface area contributed by atoms with E-state index in [9.17, 15) is 9.59 Å². The lowest BCUT2D eigenvalue weighted by Gasteiger charge is -2.60. The fraction of sp³-hybridized carbons (Fsp3) is 0.933. The quantitative estimate of drug-likeness (QED) is 0.388. The first-order chi connectivity index (χ1) is 15.5. The van der Waals surface area contributed by atoms with E-state index in [0.29, 0.717) is 23.5 Å². The summed E-state index contributed by atoms with van der Waals surface area (Å²) in [6.45, 7) is 16.0. The molecule has 10 atom stereocenters. The van der Waals surface area contributed by atoms with Gasteiger partial charge in [0.05, 0.1) is 0 Å². The lowest BCUT2D eigenvalue weighted by Crippen LogP contribution is -2.58. The van der Waals surface area contributed by atoms with E-state index >= 15 is 0 Å². The summed E-state index contributed by atoms with van der Waals surface area (Å²) in [5.41, 5.74) is 0.311. The monoisotopic (exact) mass is 458 g/mol. The van der Waals surface area contributed by atoms with E-state index in [2.05, 4.69) is 41.5 Å². The summed E-state index contributed by atoms with van der Waals surface area (Å²) in [4.78, 5) is 25.5. The fourth-order valence-corrected chi connectivity index (χ4v) is 9.41. The van der Waals surface area contributed by atoms with Crippen LogP contribution in [0.2, 0.25) is 0 Å². The van der Waals surface area contributed by atoms with Crippen molar-refractivity contribution in [1.82, 2.24) is 0 Å². The minimum atomic E-state index is -0.157. The van der Waals surface area contributed by atoms with Crippen molar-refractivity contribution in [1.29, 1.82) is 0 Å². The zero-order valence-electron chi connectivity index (χ0n) is 22.5. The van der Waals surface area contributed by atoms with Crippen LogP contribution in [0.4, 0.5) is 0 Å². The summed E-state index contributed by atoms with van der Waals surface area (Å²) in [5, 5.41) is 0. The molecule has 0 aromatic rings. The third-order valence-corrected chi connectivity index (χ3v) is 11.6. The number of hydrogen-bond acceptors (Lipinski definition) is 3. The Labute approximate surface area is 203 Å². The molecule has 3 nitrogen and oxygen atoms in total. The highest BCUT2D eigenvalue weighted by Crippen LogP contribution is 2.67. The lowest BCUT2D eigenvalue weighted by molar-refractivity contribution is -0.169. The maximum absolute atomic E-state index is 13.9. The van der Waals surface area contributed by atoms with Crippen LogP contribution in [0.1, 0.15) is 113 Å². The maximum atomic E-state index is 13.9. The van der Waals surface area contributed by atoms with Gasteiger partial charge >= 0.3 is 5.97 Å². The van der Waals surface area contributed by atoms with Crippen LogP contribution in [0, 0.1) is 58.2 Å². The first kappa shape index (κ1) is 25.2. The molecule has 4 aliphatic rings. The number of carbonyl (C=O) groups excluding carboxylic acids is 2. The smallest absolute Gasteiger partial charge is 0.302 e. The van der Waals surface area contributed by atoms with Crippen molar-refractivity contribution in [2.24, 2.45) is 58.2 Å². The van der Waals surface area contributed by atoms with Gasteiger partial charge < -0.3 is 4.74 Å². The third kappa shape index (κ3) is 4.44. The molecule has 0 aliphatic heterocycles. The van der Waals surface area contributed by atoms with Gasteiger partial charge in [-0.05, 0) is 97.2 Å². The van der Waals surface area contributed by atoms with Gasteiger partial charge in [0.2, 0.25) is 0 Å². The Morgan fingerprint density at radius 3 is 2.39 bits per heavy atom. The van der Waals surface area contributed by atoms with Crippen molar-refractivity contribution in [3.63, 3.8) is 0 Å². The summed E-state index contributed by atoms with van der Waals surface area (Å²) >= 11 is 0. The van der Waals surface area contributed by atoms with Crippen LogP contribution in [0.5, 0.6) is 0 Å². The topological polar surface area (TPSA) is 43.4 Å². The van der Waals surface area contributed by atoms with Gasteiger partial charge in [0.25, 0.3) is 0 Å². The highest BCUT2D eigenvalue weighted by atomic mass is 16.5. The molecule has 0 aromatic carbocycles. The van der Waals surface area contributed by atoms with E-state index in [4.69, 9.17) is 4.74 Å². The molecule has 0 bridgehead atoms. The number of esters is 1. The van der Waals surface area contributed by atoms with E-state index in [1.54, 1.807) is 0 Å². The molecule has 188 valence electrons. The van der Waals surface area contributed by atoms with Crippen LogP contribution in [0.15, 0.2) is 0 Å². The molecule has 0 radical (unpaired) electrons. The molecule has 0 heterocycles. The number of ketones is 1. The second-order valence-electron chi connectivity index (χ2n) is 13.6. The van der Waals surface area contributed by atoms with Gasteiger partial charge in [-0.25, -0.2) is 0 Å². The lowest BCUT2D eigenvalue weighted by atomic mass is 9.44. The maximum Gasteiger partial charge on any atom is 0.302 e.